The molecule has 5 nitrogen and oxygen atoms in total. The smallest absolute Gasteiger partial charge is 0.326 e. The summed E-state index contributed by atoms with van der Waals surface area (Å²) in [6.07, 6.45) is 0. The van der Waals surface area contributed by atoms with Crippen molar-refractivity contribution in [3.63, 3.8) is 0 Å². The van der Waals surface area contributed by atoms with Crippen molar-refractivity contribution in [1.29, 1.82) is 0 Å². The van der Waals surface area contributed by atoms with Crippen LogP contribution in [0.5, 0.6) is 0 Å². The number of carbonyl (C=O) groups excluding carboxylic acids is 1. The molecule has 0 aliphatic heterocycles. The third-order valence-corrected chi connectivity index (χ3v) is 3.09. The van der Waals surface area contributed by atoms with Gasteiger partial charge in [-0.3, -0.25) is 0 Å². The number of hydrogen-bond donors (Lipinski definition) is 3. The minimum Gasteiger partial charge on any atom is -0.480 e. The molecule has 1 aromatic carbocycles. The molecule has 0 saturated carbocycles. The summed E-state index contributed by atoms with van der Waals surface area (Å²) in [5.41, 5.74) is 0.789. The number of aryl methyl sites for hydroxylation is 1. The van der Waals surface area contributed by atoms with Gasteiger partial charge in [0.1, 0.15) is 6.04 Å². The zero-order valence-corrected chi connectivity index (χ0v) is 12.7. The molecule has 1 aromatic rings. The summed E-state index contributed by atoms with van der Waals surface area (Å²) in [6, 6.07) is 3.62. The van der Waals surface area contributed by atoms with Gasteiger partial charge in [-0.1, -0.05) is 38.4 Å². The van der Waals surface area contributed by atoms with Crippen LogP contribution in [-0.2, 0) is 4.79 Å². The van der Waals surface area contributed by atoms with E-state index in [1.807, 2.05) is 13.0 Å². The maximum atomic E-state index is 11.9. The third kappa shape index (κ3) is 4.42. The monoisotopic (exact) mass is 298 g/mol. The molecule has 0 heterocycles. The van der Waals surface area contributed by atoms with Crippen LogP contribution >= 0.6 is 11.6 Å². The molecule has 1 atom stereocenters. The van der Waals surface area contributed by atoms with Gasteiger partial charge in [0.2, 0.25) is 0 Å². The number of nitrogens with one attached hydrogen (secondary N) is 2. The minimum absolute atomic E-state index is 0.397. The second-order valence-electron chi connectivity index (χ2n) is 5.72. The first-order valence-corrected chi connectivity index (χ1v) is 6.55. The average Bonchev–Trinajstić information content (AvgIpc) is 2.29. The van der Waals surface area contributed by atoms with E-state index < -0.39 is 23.5 Å². The van der Waals surface area contributed by atoms with Crippen LogP contribution in [0.3, 0.4) is 0 Å². The van der Waals surface area contributed by atoms with Crippen molar-refractivity contribution >= 4 is 29.3 Å². The molecule has 0 aliphatic rings. The molecule has 0 bridgehead atoms. The number of rotatable bonds is 3. The van der Waals surface area contributed by atoms with Gasteiger partial charge in [0.05, 0.1) is 10.7 Å². The Morgan fingerprint density at radius 1 is 1.30 bits per heavy atom. The zero-order valence-electron chi connectivity index (χ0n) is 12.0. The highest BCUT2D eigenvalue weighted by Gasteiger charge is 2.32. The number of hydrogen-bond acceptors (Lipinski definition) is 2. The summed E-state index contributed by atoms with van der Waals surface area (Å²) >= 11 is 5.97. The Bertz CT molecular complexity index is 524. The highest BCUT2D eigenvalue weighted by atomic mass is 35.5. The first-order valence-electron chi connectivity index (χ1n) is 6.17. The van der Waals surface area contributed by atoms with Gasteiger partial charge in [0, 0.05) is 0 Å². The molecule has 0 spiro atoms. The third-order valence-electron chi connectivity index (χ3n) is 2.76. The zero-order chi connectivity index (χ0) is 15.5. The van der Waals surface area contributed by atoms with Crippen LogP contribution in [0.25, 0.3) is 0 Å². The van der Waals surface area contributed by atoms with E-state index >= 15 is 0 Å². The number of halogens is 1. The number of amides is 2. The number of benzene rings is 1. The minimum atomic E-state index is -1.08. The summed E-state index contributed by atoms with van der Waals surface area (Å²) < 4.78 is 0. The van der Waals surface area contributed by atoms with Crippen molar-refractivity contribution in [3.8, 4) is 0 Å². The highest BCUT2D eigenvalue weighted by molar-refractivity contribution is 6.33. The molecule has 0 unspecified atom stereocenters. The van der Waals surface area contributed by atoms with Gasteiger partial charge < -0.3 is 15.7 Å². The summed E-state index contributed by atoms with van der Waals surface area (Å²) in [4.78, 5) is 23.1. The number of anilines is 1. The van der Waals surface area contributed by atoms with Crippen molar-refractivity contribution < 1.29 is 14.7 Å². The van der Waals surface area contributed by atoms with Crippen molar-refractivity contribution in [2.75, 3.05) is 5.32 Å². The lowest BCUT2D eigenvalue weighted by Gasteiger charge is -2.27. The Kier molecular flexibility index (Phi) is 5.00. The Morgan fingerprint density at radius 3 is 2.40 bits per heavy atom. The van der Waals surface area contributed by atoms with E-state index in [-0.39, 0.29) is 0 Å². The van der Waals surface area contributed by atoms with E-state index in [1.165, 1.54) is 0 Å². The largest absolute Gasteiger partial charge is 0.480 e. The molecule has 0 radical (unpaired) electrons. The summed E-state index contributed by atoms with van der Waals surface area (Å²) in [6.45, 7) is 7.09. The van der Waals surface area contributed by atoms with Gasteiger partial charge in [0.15, 0.2) is 0 Å². The maximum Gasteiger partial charge on any atom is 0.326 e. The highest BCUT2D eigenvalue weighted by Crippen LogP contribution is 2.23. The van der Waals surface area contributed by atoms with E-state index in [0.717, 1.165) is 5.56 Å². The lowest BCUT2D eigenvalue weighted by molar-refractivity contribution is -0.141. The first kappa shape index (κ1) is 16.3. The lowest BCUT2D eigenvalue weighted by Crippen LogP contribution is -2.50. The van der Waals surface area contributed by atoms with Gasteiger partial charge in [-0.05, 0) is 30.0 Å². The van der Waals surface area contributed by atoms with Crippen molar-refractivity contribution in [2.24, 2.45) is 5.41 Å². The molecule has 110 valence electrons. The van der Waals surface area contributed by atoms with Crippen molar-refractivity contribution in [2.45, 2.75) is 33.7 Å². The van der Waals surface area contributed by atoms with Crippen molar-refractivity contribution in [3.05, 3.63) is 28.8 Å². The molecule has 3 N–H and O–H groups in total. The van der Waals surface area contributed by atoms with Gasteiger partial charge >= 0.3 is 12.0 Å². The summed E-state index contributed by atoms with van der Waals surface area (Å²) in [5, 5.41) is 14.6. The predicted molar refractivity (Wildman–Crippen MR) is 79.2 cm³/mol. The topological polar surface area (TPSA) is 78.4 Å². The second kappa shape index (κ2) is 6.13. The molecule has 1 rings (SSSR count). The quantitative estimate of drug-likeness (QED) is 0.801. The van der Waals surface area contributed by atoms with Gasteiger partial charge in [-0.25, -0.2) is 9.59 Å². The van der Waals surface area contributed by atoms with Crippen LogP contribution in [0.15, 0.2) is 18.2 Å². The van der Waals surface area contributed by atoms with Gasteiger partial charge in [-0.15, -0.1) is 0 Å². The molecule has 0 fully saturated rings. The van der Waals surface area contributed by atoms with Crippen molar-refractivity contribution in [1.82, 2.24) is 5.32 Å². The normalized spacial score (nSPS) is 12.7. The number of carboxylic acid groups (broad SMARTS) is 1. The number of carbonyl (C=O) groups is 2. The maximum absolute atomic E-state index is 11.9. The Labute approximate surface area is 123 Å². The van der Waals surface area contributed by atoms with Crippen LogP contribution < -0.4 is 10.6 Å². The van der Waals surface area contributed by atoms with E-state index in [1.54, 1.807) is 32.9 Å². The molecular formula is C14H19ClN2O3. The Balaban J connectivity index is 2.81. The lowest BCUT2D eigenvalue weighted by atomic mass is 9.87. The molecular weight excluding hydrogens is 280 g/mol. The van der Waals surface area contributed by atoms with E-state index in [2.05, 4.69) is 10.6 Å². The Morgan fingerprint density at radius 2 is 1.90 bits per heavy atom. The second-order valence-corrected chi connectivity index (χ2v) is 6.13. The molecule has 0 aliphatic carbocycles. The van der Waals surface area contributed by atoms with Crippen LogP contribution in [0, 0.1) is 12.3 Å². The molecule has 0 aromatic heterocycles. The summed E-state index contributed by atoms with van der Waals surface area (Å²) in [7, 11) is 0. The molecule has 0 saturated heterocycles. The van der Waals surface area contributed by atoms with Gasteiger partial charge in [-0.2, -0.15) is 0 Å². The van der Waals surface area contributed by atoms with Gasteiger partial charge in [0.25, 0.3) is 0 Å². The van der Waals surface area contributed by atoms with E-state index in [9.17, 15) is 9.59 Å². The average molecular weight is 299 g/mol. The molecule has 6 heteroatoms. The van der Waals surface area contributed by atoms with E-state index in [4.69, 9.17) is 16.7 Å². The predicted octanol–water partition coefficient (Wildman–Crippen LogP) is 3.27. The fourth-order valence-corrected chi connectivity index (χ4v) is 1.84. The van der Waals surface area contributed by atoms with Crippen LogP contribution in [0.1, 0.15) is 26.3 Å². The number of aliphatic carboxylic acids is 1. The fraction of sp³-hybridized carbons (Fsp3) is 0.429. The van der Waals surface area contributed by atoms with Crippen LogP contribution in [-0.4, -0.2) is 23.1 Å². The SMILES string of the molecule is Cc1ccc(Cl)c(NC(=O)N[C@H](C(=O)O)C(C)(C)C)c1. The van der Waals surface area contributed by atoms with Crippen LogP contribution in [0.4, 0.5) is 10.5 Å². The fourth-order valence-electron chi connectivity index (χ4n) is 1.67. The number of carboxylic acids is 1. The van der Waals surface area contributed by atoms with Crippen LogP contribution in [0.2, 0.25) is 5.02 Å². The summed E-state index contributed by atoms with van der Waals surface area (Å²) in [5.74, 6) is -1.08. The molecule has 2 amide bonds. The first-order chi connectivity index (χ1) is 9.11. The standard InChI is InChI=1S/C14H19ClN2O3/c1-8-5-6-9(15)10(7-8)16-13(20)17-11(12(18)19)14(2,3)4/h5-7,11H,1-4H3,(H,18,19)(H2,16,17,20)/t11-/m1/s1. The van der Waals surface area contributed by atoms with E-state index in [0.29, 0.717) is 10.7 Å². The molecule has 20 heavy (non-hydrogen) atoms. The Hall–Kier alpha value is -1.75. The number of urea groups is 1.